The zero-order chi connectivity index (χ0) is 14.7. The molecule has 0 aromatic carbocycles. The summed E-state index contributed by atoms with van der Waals surface area (Å²) in [5.74, 6) is 0.894. The average Bonchev–Trinajstić information content (AvgIpc) is 3.36. The average molecular weight is 295 g/mol. The van der Waals surface area contributed by atoms with Crippen molar-refractivity contribution in [1.29, 1.82) is 0 Å². The molecule has 3 rings (SSSR count). The van der Waals surface area contributed by atoms with E-state index in [0.29, 0.717) is 12.6 Å². The molecule has 120 valence electrons. The molecule has 5 nitrogen and oxygen atoms in total. The molecule has 0 aromatic heterocycles. The molecule has 2 aliphatic carbocycles. The number of carbonyl (C=O) groups is 1. The number of esters is 1. The zero-order valence-electron chi connectivity index (χ0n) is 13.2. The lowest BCUT2D eigenvalue weighted by Crippen LogP contribution is -2.53. The van der Waals surface area contributed by atoms with E-state index in [1.165, 1.54) is 32.2 Å². The Balaban J connectivity index is 1.42. The maximum atomic E-state index is 12.1. The van der Waals surface area contributed by atoms with Gasteiger partial charge in [-0.2, -0.15) is 0 Å². The van der Waals surface area contributed by atoms with E-state index in [9.17, 15) is 4.79 Å². The Morgan fingerprint density at radius 3 is 2.38 bits per heavy atom. The quantitative estimate of drug-likeness (QED) is 0.668. The van der Waals surface area contributed by atoms with Gasteiger partial charge >= 0.3 is 5.97 Å². The molecule has 0 aromatic rings. The van der Waals surface area contributed by atoms with Crippen molar-refractivity contribution in [3.8, 4) is 0 Å². The molecule has 1 heterocycles. The van der Waals surface area contributed by atoms with E-state index in [4.69, 9.17) is 4.74 Å². The number of piperazine rings is 1. The fraction of sp³-hybridized carbons (Fsp3) is 0.938. The Labute approximate surface area is 128 Å². The van der Waals surface area contributed by atoms with Crippen LogP contribution < -0.4 is 5.32 Å². The molecule has 0 radical (unpaired) electrons. The van der Waals surface area contributed by atoms with Crippen molar-refractivity contribution in [1.82, 2.24) is 15.1 Å². The van der Waals surface area contributed by atoms with Crippen LogP contribution in [-0.2, 0) is 9.53 Å². The number of rotatable bonds is 8. The third-order valence-corrected chi connectivity index (χ3v) is 4.70. The molecule has 21 heavy (non-hydrogen) atoms. The van der Waals surface area contributed by atoms with Crippen molar-refractivity contribution in [3.63, 3.8) is 0 Å². The van der Waals surface area contributed by atoms with Crippen LogP contribution in [0, 0.1) is 5.92 Å². The molecule has 0 amide bonds. The van der Waals surface area contributed by atoms with E-state index in [1.807, 2.05) is 6.92 Å². The normalized spacial score (nSPS) is 25.8. The highest BCUT2D eigenvalue weighted by molar-refractivity contribution is 5.76. The molecule has 0 bridgehead atoms. The number of hydrogen-bond acceptors (Lipinski definition) is 5. The first-order valence-corrected chi connectivity index (χ1v) is 8.62. The van der Waals surface area contributed by atoms with Gasteiger partial charge in [-0.15, -0.1) is 0 Å². The molecule has 3 fully saturated rings. The Hall–Kier alpha value is -0.650. The third kappa shape index (κ3) is 4.94. The van der Waals surface area contributed by atoms with Crippen molar-refractivity contribution >= 4 is 5.97 Å². The summed E-state index contributed by atoms with van der Waals surface area (Å²) in [4.78, 5) is 17.1. The Bertz CT molecular complexity index is 347. The van der Waals surface area contributed by atoms with Gasteiger partial charge in [-0.25, -0.2) is 0 Å². The molecule has 1 unspecified atom stereocenters. The SMILES string of the molecule is CCOC(=O)C(CN1CCN(CC2CC2)CC1)NC1CC1. The van der Waals surface area contributed by atoms with Crippen LogP contribution in [-0.4, -0.2) is 73.7 Å². The molecule has 3 aliphatic rings. The lowest BCUT2D eigenvalue weighted by Gasteiger charge is -2.36. The first-order chi connectivity index (χ1) is 10.2. The minimum Gasteiger partial charge on any atom is -0.465 e. The lowest BCUT2D eigenvalue weighted by molar-refractivity contribution is -0.146. The van der Waals surface area contributed by atoms with Gasteiger partial charge in [-0.05, 0) is 38.5 Å². The largest absolute Gasteiger partial charge is 0.465 e. The standard InChI is InChI=1S/C16H29N3O2/c1-2-21-16(20)15(17-14-5-6-14)12-19-9-7-18(8-10-19)11-13-3-4-13/h13-15,17H,2-12H2,1H3. The fourth-order valence-electron chi connectivity index (χ4n) is 3.05. The van der Waals surface area contributed by atoms with Gasteiger partial charge in [-0.3, -0.25) is 9.69 Å². The second kappa shape index (κ2) is 7.07. The molecule has 5 heteroatoms. The Morgan fingerprint density at radius 2 is 1.81 bits per heavy atom. The van der Waals surface area contributed by atoms with Gasteiger partial charge < -0.3 is 15.0 Å². The van der Waals surface area contributed by atoms with Crippen LogP contribution >= 0.6 is 0 Å². The number of carbonyl (C=O) groups excluding carboxylic acids is 1. The summed E-state index contributed by atoms with van der Waals surface area (Å²) < 4.78 is 5.22. The van der Waals surface area contributed by atoms with Gasteiger partial charge in [0.2, 0.25) is 0 Å². The van der Waals surface area contributed by atoms with Crippen molar-refractivity contribution in [2.75, 3.05) is 45.9 Å². The van der Waals surface area contributed by atoms with Gasteiger partial charge in [-0.1, -0.05) is 0 Å². The fourth-order valence-corrected chi connectivity index (χ4v) is 3.05. The van der Waals surface area contributed by atoms with Crippen molar-refractivity contribution in [2.24, 2.45) is 5.92 Å². The van der Waals surface area contributed by atoms with Crippen LogP contribution in [0.3, 0.4) is 0 Å². The summed E-state index contributed by atoms with van der Waals surface area (Å²) in [5, 5.41) is 3.45. The molecular weight excluding hydrogens is 266 g/mol. The molecule has 1 saturated heterocycles. The summed E-state index contributed by atoms with van der Waals surface area (Å²) >= 11 is 0. The number of nitrogens with one attached hydrogen (secondary N) is 1. The number of ether oxygens (including phenoxy) is 1. The topological polar surface area (TPSA) is 44.8 Å². The third-order valence-electron chi connectivity index (χ3n) is 4.70. The monoisotopic (exact) mass is 295 g/mol. The van der Waals surface area contributed by atoms with Crippen molar-refractivity contribution in [3.05, 3.63) is 0 Å². The van der Waals surface area contributed by atoms with E-state index in [1.54, 1.807) is 0 Å². The highest BCUT2D eigenvalue weighted by Gasteiger charge is 2.32. The zero-order valence-corrected chi connectivity index (χ0v) is 13.2. The maximum absolute atomic E-state index is 12.1. The summed E-state index contributed by atoms with van der Waals surface area (Å²) in [6.07, 6.45) is 5.25. The molecule has 1 atom stereocenters. The predicted molar refractivity (Wildman–Crippen MR) is 82.2 cm³/mol. The van der Waals surface area contributed by atoms with E-state index < -0.39 is 0 Å². The van der Waals surface area contributed by atoms with Crippen LogP contribution in [0.1, 0.15) is 32.6 Å². The van der Waals surface area contributed by atoms with Crippen LogP contribution in [0.15, 0.2) is 0 Å². The molecular formula is C16H29N3O2. The van der Waals surface area contributed by atoms with Crippen LogP contribution in [0.2, 0.25) is 0 Å². The first-order valence-electron chi connectivity index (χ1n) is 8.62. The molecule has 1 aliphatic heterocycles. The second-order valence-electron chi connectivity index (χ2n) is 6.79. The Kier molecular flexibility index (Phi) is 5.14. The summed E-state index contributed by atoms with van der Waals surface area (Å²) in [6, 6.07) is 0.392. The van der Waals surface area contributed by atoms with Gasteiger partial charge in [0.15, 0.2) is 0 Å². The molecule has 2 saturated carbocycles. The van der Waals surface area contributed by atoms with Gasteiger partial charge in [0.05, 0.1) is 6.61 Å². The minimum absolute atomic E-state index is 0.0789. The van der Waals surface area contributed by atoms with E-state index in [-0.39, 0.29) is 12.0 Å². The van der Waals surface area contributed by atoms with Gasteiger partial charge in [0, 0.05) is 45.3 Å². The summed E-state index contributed by atoms with van der Waals surface area (Å²) in [6.45, 7) is 8.89. The summed E-state index contributed by atoms with van der Waals surface area (Å²) in [7, 11) is 0. The smallest absolute Gasteiger partial charge is 0.324 e. The predicted octanol–water partition coefficient (Wildman–Crippen LogP) is 0.698. The lowest BCUT2D eigenvalue weighted by atomic mass is 10.2. The Morgan fingerprint density at radius 1 is 1.14 bits per heavy atom. The molecule has 1 N–H and O–H groups in total. The van der Waals surface area contributed by atoms with Gasteiger partial charge in [0.1, 0.15) is 6.04 Å². The van der Waals surface area contributed by atoms with Crippen LogP contribution in [0.5, 0.6) is 0 Å². The highest BCUT2D eigenvalue weighted by atomic mass is 16.5. The maximum Gasteiger partial charge on any atom is 0.324 e. The van der Waals surface area contributed by atoms with Crippen LogP contribution in [0.4, 0.5) is 0 Å². The second-order valence-corrected chi connectivity index (χ2v) is 6.79. The molecule has 0 spiro atoms. The van der Waals surface area contributed by atoms with Crippen molar-refractivity contribution < 1.29 is 9.53 Å². The van der Waals surface area contributed by atoms with Crippen molar-refractivity contribution in [2.45, 2.75) is 44.7 Å². The number of nitrogens with zero attached hydrogens (tertiary/aromatic N) is 2. The van der Waals surface area contributed by atoms with Crippen LogP contribution in [0.25, 0.3) is 0 Å². The van der Waals surface area contributed by atoms with E-state index >= 15 is 0 Å². The summed E-state index contributed by atoms with van der Waals surface area (Å²) in [5.41, 5.74) is 0. The van der Waals surface area contributed by atoms with E-state index in [2.05, 4.69) is 15.1 Å². The highest BCUT2D eigenvalue weighted by Crippen LogP contribution is 2.29. The van der Waals surface area contributed by atoms with E-state index in [0.717, 1.165) is 38.6 Å². The first kappa shape index (κ1) is 15.3. The van der Waals surface area contributed by atoms with Gasteiger partial charge in [0.25, 0.3) is 0 Å². The number of hydrogen-bond donors (Lipinski definition) is 1. The minimum atomic E-state index is -0.146.